The van der Waals surface area contributed by atoms with Crippen molar-refractivity contribution in [2.45, 2.75) is 0 Å². The minimum atomic E-state index is -0.555. The van der Waals surface area contributed by atoms with Crippen molar-refractivity contribution in [3.05, 3.63) is 58.1 Å². The van der Waals surface area contributed by atoms with E-state index in [1.807, 2.05) is 0 Å². The molecule has 0 saturated carbocycles. The number of rotatable bonds is 6. The van der Waals surface area contributed by atoms with Crippen LogP contribution in [0.1, 0.15) is 20.7 Å². The molecule has 120 valence electrons. The van der Waals surface area contributed by atoms with Gasteiger partial charge < -0.3 is 14.2 Å². The van der Waals surface area contributed by atoms with Crippen LogP contribution in [0.3, 0.4) is 0 Å². The van der Waals surface area contributed by atoms with Gasteiger partial charge >= 0.3 is 5.97 Å². The lowest BCUT2D eigenvalue weighted by molar-refractivity contribution is 0.0474. The molecule has 0 aliphatic carbocycles. The summed E-state index contributed by atoms with van der Waals surface area (Å²) in [5, 5.41) is 0. The van der Waals surface area contributed by atoms with Crippen LogP contribution in [0.15, 0.2) is 46.9 Å². The SMILES string of the molecule is COc1ccc(C(=O)COC(=O)c2cccc(Br)c2)cc1OC. The average molecular weight is 379 g/mol. The summed E-state index contributed by atoms with van der Waals surface area (Å²) in [4.78, 5) is 24.0. The third-order valence-electron chi connectivity index (χ3n) is 3.10. The number of carbonyl (C=O) groups is 2. The highest BCUT2D eigenvalue weighted by Crippen LogP contribution is 2.27. The van der Waals surface area contributed by atoms with Gasteiger partial charge in [0.05, 0.1) is 19.8 Å². The van der Waals surface area contributed by atoms with Crippen LogP contribution in [-0.4, -0.2) is 32.6 Å². The van der Waals surface area contributed by atoms with Crippen LogP contribution < -0.4 is 9.47 Å². The minimum Gasteiger partial charge on any atom is -0.493 e. The number of hydrogen-bond acceptors (Lipinski definition) is 5. The second-order valence-electron chi connectivity index (χ2n) is 4.58. The van der Waals surface area contributed by atoms with Gasteiger partial charge in [0.2, 0.25) is 0 Å². The number of ether oxygens (including phenoxy) is 3. The second kappa shape index (κ2) is 7.78. The summed E-state index contributed by atoms with van der Waals surface area (Å²) in [5.74, 6) is 0.0845. The normalized spacial score (nSPS) is 10.0. The quantitative estimate of drug-likeness (QED) is 0.568. The number of methoxy groups -OCH3 is 2. The third-order valence-corrected chi connectivity index (χ3v) is 3.59. The maximum atomic E-state index is 12.1. The maximum absolute atomic E-state index is 12.1. The molecule has 0 saturated heterocycles. The van der Waals surface area contributed by atoms with E-state index >= 15 is 0 Å². The van der Waals surface area contributed by atoms with Crippen LogP contribution in [-0.2, 0) is 4.74 Å². The Kier molecular flexibility index (Phi) is 5.76. The summed E-state index contributed by atoms with van der Waals surface area (Å²) in [6, 6.07) is 11.5. The molecule has 0 aliphatic rings. The van der Waals surface area contributed by atoms with Gasteiger partial charge in [-0.05, 0) is 36.4 Å². The lowest BCUT2D eigenvalue weighted by Crippen LogP contribution is -2.14. The van der Waals surface area contributed by atoms with Crippen molar-refractivity contribution in [1.82, 2.24) is 0 Å². The Morgan fingerprint density at radius 1 is 0.957 bits per heavy atom. The van der Waals surface area contributed by atoms with E-state index in [4.69, 9.17) is 14.2 Å². The molecule has 5 nitrogen and oxygen atoms in total. The topological polar surface area (TPSA) is 61.8 Å². The summed E-state index contributed by atoms with van der Waals surface area (Å²) >= 11 is 3.28. The van der Waals surface area contributed by atoms with E-state index in [1.165, 1.54) is 14.2 Å². The summed E-state index contributed by atoms with van der Waals surface area (Å²) in [7, 11) is 3.00. The van der Waals surface area contributed by atoms with E-state index in [0.717, 1.165) is 4.47 Å². The van der Waals surface area contributed by atoms with Crippen molar-refractivity contribution in [2.24, 2.45) is 0 Å². The van der Waals surface area contributed by atoms with Crippen molar-refractivity contribution in [3.8, 4) is 11.5 Å². The predicted molar refractivity (Wildman–Crippen MR) is 88.3 cm³/mol. The van der Waals surface area contributed by atoms with E-state index in [9.17, 15) is 9.59 Å². The van der Waals surface area contributed by atoms with Crippen LogP contribution in [0, 0.1) is 0 Å². The van der Waals surface area contributed by atoms with E-state index in [1.54, 1.807) is 42.5 Å². The maximum Gasteiger partial charge on any atom is 0.338 e. The van der Waals surface area contributed by atoms with Crippen molar-refractivity contribution in [2.75, 3.05) is 20.8 Å². The van der Waals surface area contributed by atoms with Crippen LogP contribution in [0.2, 0.25) is 0 Å². The van der Waals surface area contributed by atoms with Gasteiger partial charge in [-0.2, -0.15) is 0 Å². The largest absolute Gasteiger partial charge is 0.493 e. The molecular weight excluding hydrogens is 364 g/mol. The zero-order valence-electron chi connectivity index (χ0n) is 12.7. The number of ketones is 1. The Hall–Kier alpha value is -2.34. The molecule has 2 aromatic rings. The highest BCUT2D eigenvalue weighted by molar-refractivity contribution is 9.10. The fourth-order valence-corrected chi connectivity index (χ4v) is 2.32. The summed E-state index contributed by atoms with van der Waals surface area (Å²) in [5.41, 5.74) is 0.754. The molecule has 0 atom stereocenters. The highest BCUT2D eigenvalue weighted by atomic mass is 79.9. The van der Waals surface area contributed by atoms with Crippen molar-refractivity contribution in [3.63, 3.8) is 0 Å². The van der Waals surface area contributed by atoms with Crippen molar-refractivity contribution >= 4 is 27.7 Å². The zero-order chi connectivity index (χ0) is 16.8. The van der Waals surface area contributed by atoms with Crippen molar-refractivity contribution in [1.29, 1.82) is 0 Å². The van der Waals surface area contributed by atoms with E-state index in [-0.39, 0.29) is 12.4 Å². The summed E-state index contributed by atoms with van der Waals surface area (Å²) in [6.07, 6.45) is 0. The molecule has 0 aromatic heterocycles. The predicted octanol–water partition coefficient (Wildman–Crippen LogP) is 3.51. The number of hydrogen-bond donors (Lipinski definition) is 0. The Bertz CT molecular complexity index is 727. The number of benzene rings is 2. The molecule has 0 N–H and O–H groups in total. The summed E-state index contributed by atoms with van der Waals surface area (Å²) in [6.45, 7) is -0.346. The first kappa shape index (κ1) is 17.0. The molecule has 0 spiro atoms. The van der Waals surface area contributed by atoms with Crippen LogP contribution in [0.4, 0.5) is 0 Å². The van der Waals surface area contributed by atoms with E-state index < -0.39 is 5.97 Å². The Labute approximate surface area is 142 Å². The number of esters is 1. The van der Waals surface area contributed by atoms with Crippen LogP contribution >= 0.6 is 15.9 Å². The van der Waals surface area contributed by atoms with Gasteiger partial charge in [-0.1, -0.05) is 22.0 Å². The fraction of sp³-hybridized carbons (Fsp3) is 0.176. The molecule has 0 amide bonds. The molecule has 0 unspecified atom stereocenters. The van der Waals surface area contributed by atoms with Gasteiger partial charge in [-0.25, -0.2) is 4.79 Å². The number of carbonyl (C=O) groups excluding carboxylic acids is 2. The fourth-order valence-electron chi connectivity index (χ4n) is 1.92. The third kappa shape index (κ3) is 4.32. The van der Waals surface area contributed by atoms with E-state index in [0.29, 0.717) is 22.6 Å². The molecule has 0 radical (unpaired) electrons. The van der Waals surface area contributed by atoms with Crippen LogP contribution in [0.25, 0.3) is 0 Å². The Morgan fingerprint density at radius 2 is 1.70 bits per heavy atom. The molecular formula is C17H15BrO5. The lowest BCUT2D eigenvalue weighted by atomic mass is 10.1. The first-order valence-corrected chi connectivity index (χ1v) is 7.52. The molecule has 23 heavy (non-hydrogen) atoms. The van der Waals surface area contributed by atoms with Crippen molar-refractivity contribution < 1.29 is 23.8 Å². The summed E-state index contributed by atoms with van der Waals surface area (Å²) < 4.78 is 16.1. The molecule has 0 aliphatic heterocycles. The molecule has 0 bridgehead atoms. The van der Waals surface area contributed by atoms with Gasteiger partial charge in [-0.15, -0.1) is 0 Å². The van der Waals surface area contributed by atoms with Crippen LogP contribution in [0.5, 0.6) is 11.5 Å². The molecule has 0 fully saturated rings. The first-order chi connectivity index (χ1) is 11.0. The minimum absolute atomic E-state index is 0.325. The standard InChI is InChI=1S/C17H15BrO5/c1-21-15-7-6-11(9-16(15)22-2)14(19)10-23-17(20)12-4-3-5-13(18)8-12/h3-9H,10H2,1-2H3. The number of halogens is 1. The average Bonchev–Trinajstić information content (AvgIpc) is 2.58. The smallest absolute Gasteiger partial charge is 0.338 e. The molecule has 6 heteroatoms. The second-order valence-corrected chi connectivity index (χ2v) is 5.50. The molecule has 2 aromatic carbocycles. The van der Waals surface area contributed by atoms with Gasteiger partial charge in [0.25, 0.3) is 0 Å². The van der Waals surface area contributed by atoms with Gasteiger partial charge in [-0.3, -0.25) is 4.79 Å². The zero-order valence-corrected chi connectivity index (χ0v) is 14.3. The highest BCUT2D eigenvalue weighted by Gasteiger charge is 2.14. The first-order valence-electron chi connectivity index (χ1n) is 6.73. The number of Topliss-reactive ketones (excluding diaryl/α,β-unsaturated/α-hetero) is 1. The molecule has 0 heterocycles. The monoisotopic (exact) mass is 378 g/mol. The van der Waals surface area contributed by atoms with Gasteiger partial charge in [0, 0.05) is 10.0 Å². The Morgan fingerprint density at radius 3 is 2.35 bits per heavy atom. The lowest BCUT2D eigenvalue weighted by Gasteiger charge is -2.09. The van der Waals surface area contributed by atoms with Gasteiger partial charge in [0.1, 0.15) is 0 Å². The van der Waals surface area contributed by atoms with Gasteiger partial charge in [0.15, 0.2) is 23.9 Å². The Balaban J connectivity index is 2.03. The molecule has 2 rings (SSSR count). The van der Waals surface area contributed by atoms with E-state index in [2.05, 4.69) is 15.9 Å².